The topological polar surface area (TPSA) is 155 Å². The number of aromatic nitrogens is 5. The van der Waals surface area contributed by atoms with Gasteiger partial charge >= 0.3 is 5.69 Å². The summed E-state index contributed by atoms with van der Waals surface area (Å²) in [5, 5.41) is 12.0. The van der Waals surface area contributed by atoms with Crippen LogP contribution in [0.4, 0.5) is 4.39 Å². The van der Waals surface area contributed by atoms with E-state index in [-0.39, 0.29) is 35.4 Å². The van der Waals surface area contributed by atoms with Crippen molar-refractivity contribution in [1.82, 2.24) is 35.8 Å². The summed E-state index contributed by atoms with van der Waals surface area (Å²) in [5.41, 5.74) is 3.13. The number of methoxy groups -OCH3 is 1. The summed E-state index contributed by atoms with van der Waals surface area (Å²) < 4.78 is 18.5. The zero-order valence-electron chi connectivity index (χ0n) is 19.7. The monoisotopic (exact) mass is 503 g/mol. The maximum atomic E-state index is 13.6. The number of hydrogen-bond acceptors (Lipinski definition) is 7. The van der Waals surface area contributed by atoms with Gasteiger partial charge in [-0.2, -0.15) is 5.10 Å². The van der Waals surface area contributed by atoms with Crippen molar-refractivity contribution in [3.8, 4) is 17.1 Å². The molecule has 0 unspecified atom stereocenters. The lowest BCUT2D eigenvalue weighted by molar-refractivity contribution is 0.0931. The Bertz CT molecular complexity index is 1550. The van der Waals surface area contributed by atoms with Gasteiger partial charge in [-0.3, -0.25) is 14.6 Å². The number of aryl methyl sites for hydroxylation is 1. The lowest BCUT2D eigenvalue weighted by Crippen LogP contribution is -2.29. The normalized spacial score (nSPS) is 14.2. The molecule has 2 aromatic carbocycles. The first-order chi connectivity index (χ1) is 17.9. The van der Waals surface area contributed by atoms with Crippen molar-refractivity contribution in [2.45, 2.75) is 25.4 Å². The van der Waals surface area contributed by atoms with Crippen molar-refractivity contribution in [3.05, 3.63) is 93.2 Å². The summed E-state index contributed by atoms with van der Waals surface area (Å²) in [7, 11) is 1.36. The number of nitrogens with one attached hydrogen (secondary N) is 4. The number of fused-ring (bicyclic) bond motifs is 1. The predicted octanol–water partition coefficient (Wildman–Crippen LogP) is 2.05. The Kier molecular flexibility index (Phi) is 6.45. The van der Waals surface area contributed by atoms with E-state index < -0.39 is 17.6 Å². The van der Waals surface area contributed by atoms with Gasteiger partial charge in [0, 0.05) is 18.2 Å². The Morgan fingerprint density at radius 1 is 1.11 bits per heavy atom. The molecule has 4 aromatic rings. The lowest BCUT2D eigenvalue weighted by atomic mass is 10.0. The summed E-state index contributed by atoms with van der Waals surface area (Å²) in [6.45, 7) is 0.119. The number of ether oxygens (including phenoxy) is 1. The maximum Gasteiger partial charge on any atom is 0.340 e. The van der Waals surface area contributed by atoms with Crippen molar-refractivity contribution < 1.29 is 18.7 Å². The van der Waals surface area contributed by atoms with Gasteiger partial charge in [-0.25, -0.2) is 24.3 Å². The highest BCUT2D eigenvalue weighted by molar-refractivity contribution is 5.97. The molecule has 0 radical (unpaired) electrons. The van der Waals surface area contributed by atoms with E-state index in [2.05, 4.69) is 35.8 Å². The van der Waals surface area contributed by atoms with Crippen molar-refractivity contribution in [3.63, 3.8) is 0 Å². The predicted molar refractivity (Wildman–Crippen MR) is 129 cm³/mol. The second-order valence-corrected chi connectivity index (χ2v) is 8.44. The number of nitrogens with zero attached hydrogens (tertiary/aromatic N) is 3. The van der Waals surface area contributed by atoms with Gasteiger partial charge in [0.1, 0.15) is 17.7 Å². The second-order valence-electron chi connectivity index (χ2n) is 8.44. The van der Waals surface area contributed by atoms with Crippen LogP contribution in [-0.4, -0.2) is 44.1 Å². The zero-order chi connectivity index (χ0) is 25.9. The van der Waals surface area contributed by atoms with E-state index >= 15 is 0 Å². The van der Waals surface area contributed by atoms with Crippen LogP contribution in [0.3, 0.4) is 0 Å². The average molecular weight is 503 g/mol. The molecule has 1 aliphatic rings. The van der Waals surface area contributed by atoms with Gasteiger partial charge in [-0.1, -0.05) is 18.2 Å². The summed E-state index contributed by atoms with van der Waals surface area (Å²) in [6, 6.07) is 11.1. The van der Waals surface area contributed by atoms with Crippen LogP contribution in [-0.2, 0) is 13.0 Å². The Morgan fingerprint density at radius 3 is 2.68 bits per heavy atom. The molecule has 0 spiro atoms. The van der Waals surface area contributed by atoms with Crippen molar-refractivity contribution in [1.29, 1.82) is 0 Å². The van der Waals surface area contributed by atoms with Crippen LogP contribution < -0.4 is 21.1 Å². The van der Waals surface area contributed by atoms with Gasteiger partial charge in [0.25, 0.3) is 11.8 Å². The van der Waals surface area contributed by atoms with Crippen molar-refractivity contribution in [2.24, 2.45) is 0 Å². The first-order valence-electron chi connectivity index (χ1n) is 11.4. The number of H-pyrrole nitrogens is 2. The quantitative estimate of drug-likeness (QED) is 0.301. The average Bonchev–Trinajstić information content (AvgIpc) is 3.53. The molecule has 2 heterocycles. The Balaban J connectivity index is 1.24. The van der Waals surface area contributed by atoms with Crippen LogP contribution in [0, 0.1) is 5.82 Å². The third kappa shape index (κ3) is 5.08. The third-order valence-electron chi connectivity index (χ3n) is 6.10. The third-order valence-corrected chi connectivity index (χ3v) is 6.10. The first-order valence-corrected chi connectivity index (χ1v) is 11.4. The van der Waals surface area contributed by atoms with E-state index in [1.165, 1.54) is 31.4 Å². The van der Waals surface area contributed by atoms with Crippen LogP contribution >= 0.6 is 0 Å². The van der Waals surface area contributed by atoms with E-state index in [4.69, 9.17) is 4.74 Å². The summed E-state index contributed by atoms with van der Waals surface area (Å²) >= 11 is 0. The summed E-state index contributed by atoms with van der Waals surface area (Å²) in [4.78, 5) is 47.5. The molecular formula is C25H22FN7O4. The number of carbonyl (C=O) groups is 2. The van der Waals surface area contributed by atoms with Gasteiger partial charge in [0.05, 0.1) is 13.2 Å². The highest BCUT2D eigenvalue weighted by atomic mass is 19.1. The largest absolute Gasteiger partial charge is 0.494 e. The number of carbonyl (C=O) groups excluding carboxylic acids is 2. The minimum absolute atomic E-state index is 0.0266. The van der Waals surface area contributed by atoms with Gasteiger partial charge in [0.2, 0.25) is 0 Å². The van der Waals surface area contributed by atoms with Gasteiger partial charge in [0.15, 0.2) is 17.4 Å². The fourth-order valence-electron chi connectivity index (χ4n) is 4.25. The molecule has 188 valence electrons. The molecule has 0 saturated carbocycles. The lowest BCUT2D eigenvalue weighted by Gasteiger charge is -2.14. The molecule has 12 heteroatoms. The number of amides is 2. The number of halogens is 1. The molecule has 5 rings (SSSR count). The van der Waals surface area contributed by atoms with Crippen LogP contribution in [0.25, 0.3) is 11.4 Å². The standard InChI is InChI=1S/C25H22FN7O4/c1-37-21-8-13(2-6-17(21)26)11-27-23(34)19-10-20(29-12-28-19)24(35)30-18-7-4-14-9-15(3-5-16(14)18)22-31-25(36)33-32-22/h2-3,5-6,8-10,12,18H,4,7,11H2,1H3,(H,27,34)(H,30,35)(H2,31,32,33,36)/t18-/m0/s1. The fourth-order valence-corrected chi connectivity index (χ4v) is 4.25. The van der Waals surface area contributed by atoms with Gasteiger partial charge < -0.3 is 15.4 Å². The van der Waals surface area contributed by atoms with Crippen LogP contribution in [0.15, 0.2) is 53.6 Å². The highest BCUT2D eigenvalue weighted by Gasteiger charge is 2.26. The molecule has 2 aromatic heterocycles. The maximum absolute atomic E-state index is 13.6. The molecule has 4 N–H and O–H groups in total. The summed E-state index contributed by atoms with van der Waals surface area (Å²) in [6.07, 6.45) is 2.60. The molecule has 0 fully saturated rings. The number of aromatic amines is 2. The van der Waals surface area contributed by atoms with E-state index in [9.17, 15) is 18.8 Å². The molecule has 0 saturated heterocycles. The minimum Gasteiger partial charge on any atom is -0.494 e. The van der Waals surface area contributed by atoms with Gasteiger partial charge in [-0.05, 0) is 47.7 Å². The molecule has 1 atom stereocenters. The van der Waals surface area contributed by atoms with E-state index in [1.807, 2.05) is 18.2 Å². The van der Waals surface area contributed by atoms with E-state index in [1.54, 1.807) is 0 Å². The molecule has 37 heavy (non-hydrogen) atoms. The highest BCUT2D eigenvalue weighted by Crippen LogP contribution is 2.33. The van der Waals surface area contributed by atoms with Crippen molar-refractivity contribution in [2.75, 3.05) is 7.11 Å². The van der Waals surface area contributed by atoms with Gasteiger partial charge in [-0.15, -0.1) is 0 Å². The smallest absolute Gasteiger partial charge is 0.340 e. The Labute approximate surface area is 209 Å². The number of rotatable bonds is 7. The molecule has 2 amide bonds. The SMILES string of the molecule is COc1cc(CNC(=O)c2cc(C(=O)N[C@H]3CCc4cc(-c5n[nH]c(=O)[nH]5)ccc43)ncn2)ccc1F. The molecule has 0 aliphatic heterocycles. The molecular weight excluding hydrogens is 481 g/mol. The summed E-state index contributed by atoms with van der Waals surface area (Å²) in [5.74, 6) is -0.907. The van der Waals surface area contributed by atoms with Crippen molar-refractivity contribution >= 4 is 11.8 Å². The number of hydrogen-bond donors (Lipinski definition) is 4. The van der Waals surface area contributed by atoms with Crippen LogP contribution in [0.5, 0.6) is 5.75 Å². The van der Waals surface area contributed by atoms with Crippen LogP contribution in [0.1, 0.15) is 50.1 Å². The Hall–Kier alpha value is -4.87. The second kappa shape index (κ2) is 10.0. The van der Waals surface area contributed by atoms with E-state index in [0.717, 1.165) is 29.4 Å². The van der Waals surface area contributed by atoms with Crippen LogP contribution in [0.2, 0.25) is 0 Å². The zero-order valence-corrected chi connectivity index (χ0v) is 19.7. The van der Waals surface area contributed by atoms with E-state index in [0.29, 0.717) is 17.8 Å². The molecule has 0 bridgehead atoms. The molecule has 1 aliphatic carbocycles. The Morgan fingerprint density at radius 2 is 1.92 bits per heavy atom. The molecule has 11 nitrogen and oxygen atoms in total. The fraction of sp³-hybridized carbons (Fsp3) is 0.200. The minimum atomic E-state index is -0.505. The first kappa shape index (κ1) is 23.9. The number of benzene rings is 2.